The summed E-state index contributed by atoms with van der Waals surface area (Å²) in [5, 5.41) is 18.0. The Morgan fingerprint density at radius 3 is 1.77 bits per heavy atom. The van der Waals surface area contributed by atoms with Crippen LogP contribution in [0.3, 0.4) is 0 Å². The lowest BCUT2D eigenvalue weighted by Gasteiger charge is -2.37. The molecule has 0 aliphatic heterocycles. The van der Waals surface area contributed by atoms with Crippen molar-refractivity contribution >= 4 is 0 Å². The minimum absolute atomic E-state index is 0.00269. The summed E-state index contributed by atoms with van der Waals surface area (Å²) in [5.74, 6) is 0. The van der Waals surface area contributed by atoms with Gasteiger partial charge >= 0.3 is 0 Å². The molecule has 0 amide bonds. The van der Waals surface area contributed by atoms with Crippen molar-refractivity contribution in [2.45, 2.75) is 45.4 Å². The van der Waals surface area contributed by atoms with Gasteiger partial charge in [-0.3, -0.25) is 4.90 Å². The van der Waals surface area contributed by atoms with E-state index in [1.165, 1.54) is 0 Å². The maximum absolute atomic E-state index is 9.02. The van der Waals surface area contributed by atoms with Crippen LogP contribution >= 0.6 is 0 Å². The number of aliphatic hydroxyl groups excluding tert-OH is 2. The Morgan fingerprint density at radius 1 is 1.15 bits per heavy atom. The predicted molar refractivity (Wildman–Crippen MR) is 53.2 cm³/mol. The topological polar surface area (TPSA) is 69.7 Å². The van der Waals surface area contributed by atoms with Gasteiger partial charge in [0.1, 0.15) is 0 Å². The largest absolute Gasteiger partial charge is 0.395 e. The quantitative estimate of drug-likeness (QED) is 0.505. The molecule has 0 aromatic rings. The molecule has 0 fully saturated rings. The summed E-state index contributed by atoms with van der Waals surface area (Å²) in [5.41, 5.74) is 5.87. The molecular weight excluding hydrogens is 168 g/mol. The molecule has 0 aromatic carbocycles. The van der Waals surface area contributed by atoms with Crippen LogP contribution in [0.1, 0.15) is 27.2 Å². The van der Waals surface area contributed by atoms with E-state index in [2.05, 4.69) is 0 Å². The standard InChI is InChI=1S/C9H22N2O2/c1-4-9(10)11(7(2)5-12)8(3)6-13/h7-9,12-13H,4-6,10H2,1-3H3. The Hall–Kier alpha value is -0.160. The van der Waals surface area contributed by atoms with Gasteiger partial charge in [-0.15, -0.1) is 0 Å². The lowest BCUT2D eigenvalue weighted by molar-refractivity contribution is 0.0323. The van der Waals surface area contributed by atoms with Gasteiger partial charge in [0, 0.05) is 12.1 Å². The lowest BCUT2D eigenvalue weighted by atomic mass is 10.1. The molecule has 0 rings (SSSR count). The molecule has 80 valence electrons. The van der Waals surface area contributed by atoms with Gasteiger partial charge in [-0.1, -0.05) is 6.92 Å². The summed E-state index contributed by atoms with van der Waals surface area (Å²) in [6, 6.07) is -0.00537. The normalized spacial score (nSPS) is 18.7. The van der Waals surface area contributed by atoms with Crippen LogP contribution in [-0.4, -0.2) is 46.6 Å². The molecule has 0 saturated heterocycles. The van der Waals surface area contributed by atoms with Crippen LogP contribution in [-0.2, 0) is 0 Å². The van der Waals surface area contributed by atoms with Crippen LogP contribution < -0.4 is 5.73 Å². The highest BCUT2D eigenvalue weighted by molar-refractivity contribution is 4.76. The van der Waals surface area contributed by atoms with E-state index >= 15 is 0 Å². The van der Waals surface area contributed by atoms with Gasteiger partial charge in [-0.25, -0.2) is 0 Å². The van der Waals surface area contributed by atoms with Gasteiger partial charge in [0.2, 0.25) is 0 Å². The Balaban J connectivity index is 4.34. The van der Waals surface area contributed by atoms with E-state index in [1.807, 2.05) is 25.7 Å². The van der Waals surface area contributed by atoms with Crippen LogP contribution in [0.5, 0.6) is 0 Å². The third-order valence-corrected chi connectivity index (χ3v) is 2.35. The maximum Gasteiger partial charge on any atom is 0.0584 e. The van der Waals surface area contributed by atoms with Gasteiger partial charge in [0.05, 0.1) is 19.4 Å². The van der Waals surface area contributed by atoms with E-state index in [4.69, 9.17) is 15.9 Å². The second-order valence-electron chi connectivity index (χ2n) is 3.49. The third-order valence-electron chi connectivity index (χ3n) is 2.35. The smallest absolute Gasteiger partial charge is 0.0584 e. The molecule has 0 spiro atoms. The zero-order valence-corrected chi connectivity index (χ0v) is 8.77. The molecule has 0 bridgehead atoms. The van der Waals surface area contributed by atoms with E-state index in [9.17, 15) is 0 Å². The summed E-state index contributed by atoms with van der Waals surface area (Å²) in [7, 11) is 0. The minimum atomic E-state index is -0.0932. The molecule has 4 N–H and O–H groups in total. The van der Waals surface area contributed by atoms with Crippen molar-refractivity contribution in [1.29, 1.82) is 0 Å². The summed E-state index contributed by atoms with van der Waals surface area (Å²) in [4.78, 5) is 1.94. The van der Waals surface area contributed by atoms with E-state index in [0.717, 1.165) is 6.42 Å². The second-order valence-corrected chi connectivity index (χ2v) is 3.49. The molecule has 0 radical (unpaired) electrons. The first-order valence-electron chi connectivity index (χ1n) is 4.83. The van der Waals surface area contributed by atoms with Crippen LogP contribution in [0.25, 0.3) is 0 Å². The summed E-state index contributed by atoms with van der Waals surface area (Å²) in [6.45, 7) is 5.94. The van der Waals surface area contributed by atoms with Crippen LogP contribution in [0, 0.1) is 0 Å². The van der Waals surface area contributed by atoms with Gasteiger partial charge in [-0.2, -0.15) is 0 Å². The summed E-state index contributed by atoms with van der Waals surface area (Å²) < 4.78 is 0. The Morgan fingerprint density at radius 2 is 1.54 bits per heavy atom. The zero-order chi connectivity index (χ0) is 10.4. The average Bonchev–Trinajstić information content (AvgIpc) is 2.16. The van der Waals surface area contributed by atoms with Gasteiger partial charge < -0.3 is 15.9 Å². The number of aliphatic hydroxyl groups is 2. The van der Waals surface area contributed by atoms with Crippen molar-refractivity contribution < 1.29 is 10.2 Å². The van der Waals surface area contributed by atoms with Crippen molar-refractivity contribution in [2.75, 3.05) is 13.2 Å². The van der Waals surface area contributed by atoms with Gasteiger partial charge in [-0.05, 0) is 20.3 Å². The summed E-state index contributed by atoms with van der Waals surface area (Å²) >= 11 is 0. The van der Waals surface area contributed by atoms with Crippen molar-refractivity contribution in [3.63, 3.8) is 0 Å². The Bertz CT molecular complexity index is 109. The van der Waals surface area contributed by atoms with Crippen molar-refractivity contribution in [2.24, 2.45) is 5.73 Å². The Labute approximate surface area is 80.3 Å². The zero-order valence-electron chi connectivity index (χ0n) is 8.77. The van der Waals surface area contributed by atoms with Crippen molar-refractivity contribution in [3.05, 3.63) is 0 Å². The first kappa shape index (κ1) is 12.8. The van der Waals surface area contributed by atoms with Crippen LogP contribution in [0.15, 0.2) is 0 Å². The minimum Gasteiger partial charge on any atom is -0.395 e. The molecule has 3 atom stereocenters. The highest BCUT2D eigenvalue weighted by Crippen LogP contribution is 2.09. The van der Waals surface area contributed by atoms with E-state index < -0.39 is 0 Å². The first-order valence-corrected chi connectivity index (χ1v) is 4.83. The number of nitrogens with zero attached hydrogens (tertiary/aromatic N) is 1. The van der Waals surface area contributed by atoms with Crippen LogP contribution in [0.2, 0.25) is 0 Å². The molecular formula is C9H22N2O2. The fourth-order valence-electron chi connectivity index (χ4n) is 1.49. The van der Waals surface area contributed by atoms with E-state index in [0.29, 0.717) is 0 Å². The number of hydrogen-bond acceptors (Lipinski definition) is 4. The third kappa shape index (κ3) is 3.60. The molecule has 4 heteroatoms. The molecule has 3 unspecified atom stereocenters. The fraction of sp³-hybridized carbons (Fsp3) is 1.00. The highest BCUT2D eigenvalue weighted by Gasteiger charge is 2.23. The molecule has 4 nitrogen and oxygen atoms in total. The summed E-state index contributed by atoms with van der Waals surface area (Å²) in [6.07, 6.45) is 0.721. The maximum atomic E-state index is 9.02. The van der Waals surface area contributed by atoms with E-state index in [-0.39, 0.29) is 31.5 Å². The van der Waals surface area contributed by atoms with E-state index in [1.54, 1.807) is 0 Å². The predicted octanol–water partition coefficient (Wildman–Crippen LogP) is -0.255. The molecule has 0 aromatic heterocycles. The SMILES string of the molecule is CCC(N)N(C(C)CO)C(C)CO. The average molecular weight is 190 g/mol. The van der Waals surface area contributed by atoms with Crippen molar-refractivity contribution in [1.82, 2.24) is 4.90 Å². The highest BCUT2D eigenvalue weighted by atomic mass is 16.3. The lowest BCUT2D eigenvalue weighted by Crippen LogP contribution is -2.53. The fourth-order valence-corrected chi connectivity index (χ4v) is 1.49. The molecule has 0 heterocycles. The number of hydrogen-bond donors (Lipinski definition) is 3. The number of nitrogens with two attached hydrogens (primary N) is 1. The first-order chi connectivity index (χ1) is 6.08. The molecule has 0 aliphatic rings. The van der Waals surface area contributed by atoms with Gasteiger partial charge in [0.15, 0.2) is 0 Å². The van der Waals surface area contributed by atoms with Crippen molar-refractivity contribution in [3.8, 4) is 0 Å². The second kappa shape index (κ2) is 6.32. The Kier molecular flexibility index (Phi) is 6.24. The molecule has 0 aliphatic carbocycles. The van der Waals surface area contributed by atoms with Gasteiger partial charge in [0.25, 0.3) is 0 Å². The molecule has 0 saturated carbocycles. The number of rotatable bonds is 6. The molecule has 13 heavy (non-hydrogen) atoms. The monoisotopic (exact) mass is 190 g/mol. The van der Waals surface area contributed by atoms with Crippen LogP contribution in [0.4, 0.5) is 0 Å².